The molecule has 0 aromatic heterocycles. The maximum atomic E-state index is 12.1. The molecule has 0 saturated heterocycles. The number of carbonyl (C=O) groups excluding carboxylic acids is 1. The molecule has 1 aromatic rings. The topological polar surface area (TPSA) is 78.7 Å². The highest BCUT2D eigenvalue weighted by Crippen LogP contribution is 2.36. The molecule has 0 unspecified atom stereocenters. The molecule has 0 aliphatic rings. The van der Waals surface area contributed by atoms with Crippen LogP contribution in [-0.4, -0.2) is 24.6 Å². The van der Waals surface area contributed by atoms with Gasteiger partial charge < -0.3 is 9.47 Å². The van der Waals surface area contributed by atoms with Gasteiger partial charge in [0.15, 0.2) is 5.56 Å². The second kappa shape index (κ2) is 5.71. The minimum atomic E-state index is -3.21. The summed E-state index contributed by atoms with van der Waals surface area (Å²) in [5.41, 5.74) is -1.36. The maximum Gasteiger partial charge on any atom is 0.387 e. The lowest BCUT2D eigenvalue weighted by molar-refractivity contribution is -0.386. The van der Waals surface area contributed by atoms with Gasteiger partial charge in [0, 0.05) is 0 Å². The molecule has 9 heteroatoms. The van der Waals surface area contributed by atoms with Gasteiger partial charge in [0.25, 0.3) is 0 Å². The molecule has 6 nitrogen and oxygen atoms in total. The number of rotatable bonds is 4. The van der Waals surface area contributed by atoms with E-state index < -0.39 is 34.5 Å². The average Bonchev–Trinajstić information content (AvgIpc) is 2.28. The van der Waals surface area contributed by atoms with Crippen LogP contribution in [0, 0.1) is 10.1 Å². The standard InChI is InChI=1S/C9H6BrF2NO5/c1-17-8(14)6-5(18-9(11)12)3-2-4(10)7(6)13(15)16/h2-3,9H,1H3. The lowest BCUT2D eigenvalue weighted by Gasteiger charge is -2.10. The van der Waals surface area contributed by atoms with Crippen LogP contribution < -0.4 is 4.74 Å². The third-order valence-corrected chi connectivity index (χ3v) is 2.52. The minimum Gasteiger partial charge on any atom is -0.465 e. The van der Waals surface area contributed by atoms with Crippen molar-refractivity contribution in [3.05, 3.63) is 32.3 Å². The number of ether oxygens (including phenoxy) is 2. The lowest BCUT2D eigenvalue weighted by atomic mass is 10.1. The highest BCUT2D eigenvalue weighted by atomic mass is 79.9. The molecule has 0 atom stereocenters. The van der Waals surface area contributed by atoms with E-state index in [0.717, 1.165) is 19.2 Å². The second-order valence-electron chi connectivity index (χ2n) is 2.90. The van der Waals surface area contributed by atoms with Gasteiger partial charge >= 0.3 is 18.3 Å². The van der Waals surface area contributed by atoms with Crippen LogP contribution in [0.15, 0.2) is 16.6 Å². The fraction of sp³-hybridized carbons (Fsp3) is 0.222. The van der Waals surface area contributed by atoms with Crippen molar-refractivity contribution in [2.75, 3.05) is 7.11 Å². The van der Waals surface area contributed by atoms with E-state index in [2.05, 4.69) is 25.4 Å². The van der Waals surface area contributed by atoms with Crippen LogP contribution in [-0.2, 0) is 4.74 Å². The molecule has 0 N–H and O–H groups in total. The number of nitro groups is 1. The van der Waals surface area contributed by atoms with E-state index >= 15 is 0 Å². The van der Waals surface area contributed by atoms with Crippen molar-refractivity contribution in [2.45, 2.75) is 6.61 Å². The predicted molar refractivity (Wildman–Crippen MR) is 58.8 cm³/mol. The molecule has 0 amide bonds. The molecule has 0 radical (unpaired) electrons. The first-order valence-corrected chi connectivity index (χ1v) is 5.17. The lowest BCUT2D eigenvalue weighted by Crippen LogP contribution is -2.12. The highest BCUT2D eigenvalue weighted by molar-refractivity contribution is 9.10. The Labute approximate surface area is 108 Å². The van der Waals surface area contributed by atoms with Crippen LogP contribution in [0.4, 0.5) is 14.5 Å². The third-order valence-electron chi connectivity index (χ3n) is 1.88. The summed E-state index contributed by atoms with van der Waals surface area (Å²) in [6, 6.07) is 2.14. The summed E-state index contributed by atoms with van der Waals surface area (Å²) >= 11 is 2.85. The van der Waals surface area contributed by atoms with Crippen molar-refractivity contribution in [1.82, 2.24) is 0 Å². The number of methoxy groups -OCH3 is 1. The molecular formula is C9H6BrF2NO5. The summed E-state index contributed by atoms with van der Waals surface area (Å²) in [4.78, 5) is 21.4. The number of halogens is 3. The van der Waals surface area contributed by atoms with E-state index in [-0.39, 0.29) is 4.47 Å². The average molecular weight is 326 g/mol. The van der Waals surface area contributed by atoms with Gasteiger partial charge in [-0.2, -0.15) is 8.78 Å². The van der Waals surface area contributed by atoms with Gasteiger partial charge in [-0.05, 0) is 28.1 Å². The van der Waals surface area contributed by atoms with Crippen LogP contribution in [0.3, 0.4) is 0 Å². The summed E-state index contributed by atoms with van der Waals surface area (Å²) in [7, 11) is 0.971. The Morgan fingerprint density at radius 1 is 1.50 bits per heavy atom. The quantitative estimate of drug-likeness (QED) is 0.483. The Morgan fingerprint density at radius 3 is 2.56 bits per heavy atom. The summed E-state index contributed by atoms with van der Waals surface area (Å²) in [6.07, 6.45) is 0. The van der Waals surface area contributed by atoms with E-state index in [9.17, 15) is 23.7 Å². The number of alkyl halides is 2. The normalized spacial score (nSPS) is 10.3. The van der Waals surface area contributed by atoms with Gasteiger partial charge in [-0.15, -0.1) is 0 Å². The Balaban J connectivity index is 3.48. The van der Waals surface area contributed by atoms with Crippen molar-refractivity contribution in [3.8, 4) is 5.75 Å². The maximum absolute atomic E-state index is 12.1. The van der Waals surface area contributed by atoms with E-state index in [4.69, 9.17) is 0 Å². The first kappa shape index (κ1) is 14.3. The molecular weight excluding hydrogens is 320 g/mol. The second-order valence-corrected chi connectivity index (χ2v) is 3.75. The zero-order valence-corrected chi connectivity index (χ0v) is 10.4. The van der Waals surface area contributed by atoms with Gasteiger partial charge in [0.05, 0.1) is 16.5 Å². The Morgan fingerprint density at radius 2 is 2.11 bits per heavy atom. The number of hydrogen-bond acceptors (Lipinski definition) is 5. The number of carbonyl (C=O) groups is 1. The van der Waals surface area contributed by atoms with Gasteiger partial charge in [-0.3, -0.25) is 10.1 Å². The van der Waals surface area contributed by atoms with Gasteiger partial charge in [0.1, 0.15) is 5.75 Å². The van der Waals surface area contributed by atoms with Crippen molar-refractivity contribution in [2.24, 2.45) is 0 Å². The number of nitrogens with zero attached hydrogens (tertiary/aromatic N) is 1. The molecule has 0 aliphatic carbocycles. The highest BCUT2D eigenvalue weighted by Gasteiger charge is 2.30. The summed E-state index contributed by atoms with van der Waals surface area (Å²) < 4.78 is 32.6. The molecule has 0 spiro atoms. The van der Waals surface area contributed by atoms with Crippen LogP contribution in [0.5, 0.6) is 5.75 Å². The number of nitro benzene ring substituents is 1. The van der Waals surface area contributed by atoms with Gasteiger partial charge in [0.2, 0.25) is 0 Å². The molecule has 0 bridgehead atoms. The first-order valence-electron chi connectivity index (χ1n) is 4.38. The predicted octanol–water partition coefficient (Wildman–Crippen LogP) is 2.75. The van der Waals surface area contributed by atoms with Crippen LogP contribution in [0.1, 0.15) is 10.4 Å². The first-order chi connectivity index (χ1) is 8.38. The third kappa shape index (κ3) is 2.92. The molecule has 0 saturated carbocycles. The Kier molecular flexibility index (Phi) is 4.54. The van der Waals surface area contributed by atoms with E-state index in [1.807, 2.05) is 0 Å². The van der Waals surface area contributed by atoms with E-state index in [1.54, 1.807) is 0 Å². The fourth-order valence-corrected chi connectivity index (χ4v) is 1.69. The van der Waals surface area contributed by atoms with Crippen molar-refractivity contribution < 1.29 is 28.0 Å². The zero-order chi connectivity index (χ0) is 13.9. The van der Waals surface area contributed by atoms with Gasteiger partial charge in [-0.25, -0.2) is 4.79 Å². The van der Waals surface area contributed by atoms with Crippen molar-refractivity contribution >= 4 is 27.6 Å². The summed E-state index contributed by atoms with van der Waals surface area (Å²) in [6.45, 7) is -3.21. The SMILES string of the molecule is COC(=O)c1c(OC(F)F)ccc(Br)c1[N+](=O)[O-]. The van der Waals surface area contributed by atoms with Gasteiger partial charge in [-0.1, -0.05) is 0 Å². The monoisotopic (exact) mass is 325 g/mol. The van der Waals surface area contributed by atoms with E-state index in [1.165, 1.54) is 0 Å². The van der Waals surface area contributed by atoms with Crippen LogP contribution in [0.25, 0.3) is 0 Å². The molecule has 0 fully saturated rings. The van der Waals surface area contributed by atoms with Crippen LogP contribution >= 0.6 is 15.9 Å². The fourth-order valence-electron chi connectivity index (χ4n) is 1.22. The van der Waals surface area contributed by atoms with E-state index in [0.29, 0.717) is 0 Å². The Bertz CT molecular complexity index is 494. The minimum absolute atomic E-state index is 0.0467. The van der Waals surface area contributed by atoms with Crippen molar-refractivity contribution in [1.29, 1.82) is 0 Å². The smallest absolute Gasteiger partial charge is 0.387 e. The largest absolute Gasteiger partial charge is 0.465 e. The van der Waals surface area contributed by atoms with Crippen LogP contribution in [0.2, 0.25) is 0 Å². The molecule has 1 rings (SSSR count). The number of hydrogen-bond donors (Lipinski definition) is 0. The zero-order valence-electron chi connectivity index (χ0n) is 8.85. The van der Waals surface area contributed by atoms with Crippen molar-refractivity contribution in [3.63, 3.8) is 0 Å². The molecule has 98 valence electrons. The molecule has 18 heavy (non-hydrogen) atoms. The molecule has 0 heterocycles. The Hall–Kier alpha value is -1.77. The molecule has 0 aliphatic heterocycles. The number of esters is 1. The molecule has 1 aromatic carbocycles. The summed E-state index contributed by atoms with van der Waals surface area (Å²) in [5, 5.41) is 10.8. The summed E-state index contributed by atoms with van der Waals surface area (Å²) in [5.74, 6) is -1.76. The number of benzene rings is 1.